The molecule has 0 aliphatic rings. The molecule has 24 heavy (non-hydrogen) atoms. The van der Waals surface area contributed by atoms with Crippen LogP contribution in [0.15, 0.2) is 42.5 Å². The fourth-order valence-corrected chi connectivity index (χ4v) is 2.01. The molecule has 2 aromatic rings. The zero-order valence-electron chi connectivity index (χ0n) is 12.2. The number of benzene rings is 2. The van der Waals surface area contributed by atoms with E-state index in [-0.39, 0.29) is 11.6 Å². The molecule has 0 spiro atoms. The van der Waals surface area contributed by atoms with Crippen LogP contribution in [0.25, 0.3) is 0 Å². The number of alkyl halides is 2. The number of hydrogen-bond donors (Lipinski definition) is 2. The summed E-state index contributed by atoms with van der Waals surface area (Å²) in [4.78, 5) is 23.7. The SMILES string of the molecule is O=C(Nc1ccc(F)c(NC(=O)C(Cl)CCl)c1F)c1ccccc1. The summed E-state index contributed by atoms with van der Waals surface area (Å²) in [5.74, 6) is -3.77. The van der Waals surface area contributed by atoms with Gasteiger partial charge in [0.15, 0.2) is 5.82 Å². The maximum atomic E-state index is 14.4. The minimum Gasteiger partial charge on any atom is -0.320 e. The number of nitrogens with one attached hydrogen (secondary N) is 2. The van der Waals surface area contributed by atoms with E-state index in [1.807, 2.05) is 5.32 Å². The maximum Gasteiger partial charge on any atom is 0.255 e. The first-order valence-corrected chi connectivity index (χ1v) is 7.76. The van der Waals surface area contributed by atoms with Crippen LogP contribution in [0.2, 0.25) is 0 Å². The number of carbonyl (C=O) groups excluding carboxylic acids is 2. The van der Waals surface area contributed by atoms with E-state index in [4.69, 9.17) is 23.2 Å². The average Bonchev–Trinajstić information content (AvgIpc) is 2.60. The van der Waals surface area contributed by atoms with E-state index < -0.39 is 34.5 Å². The van der Waals surface area contributed by atoms with Gasteiger partial charge in [-0.05, 0) is 24.3 Å². The van der Waals surface area contributed by atoms with Crippen molar-refractivity contribution in [3.63, 3.8) is 0 Å². The van der Waals surface area contributed by atoms with Crippen LogP contribution in [0.5, 0.6) is 0 Å². The number of anilines is 2. The Bertz CT molecular complexity index is 757. The Kier molecular flexibility index (Phi) is 6.11. The Morgan fingerprint density at radius 2 is 1.71 bits per heavy atom. The Morgan fingerprint density at radius 3 is 2.33 bits per heavy atom. The van der Waals surface area contributed by atoms with E-state index in [0.717, 1.165) is 12.1 Å². The number of carbonyl (C=O) groups is 2. The summed E-state index contributed by atoms with van der Waals surface area (Å²) in [5, 5.41) is 3.20. The highest BCUT2D eigenvalue weighted by Crippen LogP contribution is 2.26. The van der Waals surface area contributed by atoms with Gasteiger partial charge in [-0.1, -0.05) is 18.2 Å². The van der Waals surface area contributed by atoms with Gasteiger partial charge in [-0.25, -0.2) is 8.78 Å². The van der Waals surface area contributed by atoms with Gasteiger partial charge in [-0.3, -0.25) is 9.59 Å². The van der Waals surface area contributed by atoms with Crippen LogP contribution in [0, 0.1) is 11.6 Å². The van der Waals surface area contributed by atoms with Crippen LogP contribution in [0.1, 0.15) is 10.4 Å². The molecule has 2 aromatic carbocycles. The van der Waals surface area contributed by atoms with E-state index in [0.29, 0.717) is 5.56 Å². The summed E-state index contributed by atoms with van der Waals surface area (Å²) >= 11 is 11.0. The Hall–Kier alpha value is -2.18. The van der Waals surface area contributed by atoms with Gasteiger partial charge in [0.05, 0.1) is 5.69 Å². The predicted molar refractivity (Wildman–Crippen MR) is 89.7 cm³/mol. The van der Waals surface area contributed by atoms with Crippen LogP contribution < -0.4 is 10.6 Å². The molecule has 0 aromatic heterocycles. The molecule has 0 radical (unpaired) electrons. The second kappa shape index (κ2) is 8.08. The fraction of sp³-hybridized carbons (Fsp3) is 0.125. The van der Waals surface area contributed by atoms with Crippen molar-refractivity contribution < 1.29 is 18.4 Å². The van der Waals surface area contributed by atoms with Crippen molar-refractivity contribution in [1.82, 2.24) is 0 Å². The standard InChI is InChI=1S/C16H12Cl2F2N2O2/c17-8-10(18)16(24)22-14-11(19)6-7-12(13(14)20)21-15(23)9-4-2-1-3-5-9/h1-7,10H,8H2,(H,21,23)(H,22,24). The maximum absolute atomic E-state index is 14.4. The molecule has 1 unspecified atom stereocenters. The molecule has 2 rings (SSSR count). The van der Waals surface area contributed by atoms with E-state index in [1.54, 1.807) is 18.2 Å². The first kappa shape index (κ1) is 18.2. The van der Waals surface area contributed by atoms with Gasteiger partial charge in [0.1, 0.15) is 16.9 Å². The van der Waals surface area contributed by atoms with Crippen LogP contribution >= 0.6 is 23.2 Å². The van der Waals surface area contributed by atoms with Crippen molar-refractivity contribution >= 4 is 46.4 Å². The molecular formula is C16H12Cl2F2N2O2. The van der Waals surface area contributed by atoms with Crippen LogP contribution in [-0.4, -0.2) is 23.1 Å². The van der Waals surface area contributed by atoms with E-state index in [2.05, 4.69) is 5.32 Å². The zero-order chi connectivity index (χ0) is 17.7. The van der Waals surface area contributed by atoms with Crippen LogP contribution in [-0.2, 0) is 4.79 Å². The molecule has 0 saturated carbocycles. The molecule has 0 aliphatic heterocycles. The lowest BCUT2D eigenvalue weighted by Gasteiger charge is -2.13. The third-order valence-corrected chi connectivity index (χ3v) is 3.86. The second-order valence-corrected chi connectivity index (χ2v) is 5.55. The molecule has 1 atom stereocenters. The number of rotatable bonds is 5. The molecule has 4 nitrogen and oxygen atoms in total. The first-order valence-electron chi connectivity index (χ1n) is 6.79. The van der Waals surface area contributed by atoms with E-state index in [9.17, 15) is 18.4 Å². The summed E-state index contributed by atoms with van der Waals surface area (Å²) in [6, 6.07) is 10.1. The first-order chi connectivity index (χ1) is 11.4. The van der Waals surface area contributed by atoms with Gasteiger partial charge in [-0.15, -0.1) is 23.2 Å². The Balaban J connectivity index is 2.25. The summed E-state index contributed by atoms with van der Waals surface area (Å²) in [6.45, 7) is 0. The van der Waals surface area contributed by atoms with Crippen LogP contribution in [0.4, 0.5) is 20.2 Å². The lowest BCUT2D eigenvalue weighted by molar-refractivity contribution is -0.115. The van der Waals surface area contributed by atoms with E-state index in [1.165, 1.54) is 12.1 Å². The molecule has 126 valence electrons. The average molecular weight is 373 g/mol. The topological polar surface area (TPSA) is 58.2 Å². The highest BCUT2D eigenvalue weighted by Gasteiger charge is 2.21. The molecule has 0 aliphatic carbocycles. The predicted octanol–water partition coefficient (Wildman–Crippen LogP) is 4.00. The minimum absolute atomic E-state index is 0.221. The van der Waals surface area contributed by atoms with Gasteiger partial charge in [0.2, 0.25) is 5.91 Å². The summed E-state index contributed by atoms with van der Waals surface area (Å²) < 4.78 is 28.2. The molecular weight excluding hydrogens is 361 g/mol. The highest BCUT2D eigenvalue weighted by atomic mass is 35.5. The van der Waals surface area contributed by atoms with Crippen molar-refractivity contribution in [1.29, 1.82) is 0 Å². The third-order valence-electron chi connectivity index (χ3n) is 3.04. The molecule has 0 fully saturated rings. The summed E-state index contributed by atoms with van der Waals surface area (Å²) in [5.41, 5.74) is -0.686. The Labute approximate surface area is 146 Å². The van der Waals surface area contributed by atoms with Crippen molar-refractivity contribution in [2.45, 2.75) is 5.38 Å². The summed E-state index contributed by atoms with van der Waals surface area (Å²) in [7, 11) is 0. The van der Waals surface area contributed by atoms with Crippen molar-refractivity contribution in [2.75, 3.05) is 16.5 Å². The van der Waals surface area contributed by atoms with Gasteiger partial charge in [-0.2, -0.15) is 0 Å². The number of amides is 2. The van der Waals surface area contributed by atoms with Gasteiger partial charge in [0.25, 0.3) is 5.91 Å². The molecule has 2 amide bonds. The normalized spacial score (nSPS) is 11.7. The second-order valence-electron chi connectivity index (χ2n) is 4.72. The lowest BCUT2D eigenvalue weighted by atomic mass is 10.2. The molecule has 0 heterocycles. The smallest absolute Gasteiger partial charge is 0.255 e. The molecule has 2 N–H and O–H groups in total. The van der Waals surface area contributed by atoms with Gasteiger partial charge >= 0.3 is 0 Å². The minimum atomic E-state index is -1.15. The molecule has 0 saturated heterocycles. The van der Waals surface area contributed by atoms with Gasteiger partial charge < -0.3 is 10.6 Å². The zero-order valence-corrected chi connectivity index (χ0v) is 13.7. The van der Waals surface area contributed by atoms with Crippen molar-refractivity contribution in [2.24, 2.45) is 0 Å². The monoisotopic (exact) mass is 372 g/mol. The van der Waals surface area contributed by atoms with Gasteiger partial charge in [0, 0.05) is 11.4 Å². The van der Waals surface area contributed by atoms with Crippen molar-refractivity contribution in [3.8, 4) is 0 Å². The highest BCUT2D eigenvalue weighted by molar-refractivity contribution is 6.37. The van der Waals surface area contributed by atoms with Crippen molar-refractivity contribution in [3.05, 3.63) is 59.7 Å². The number of hydrogen-bond acceptors (Lipinski definition) is 2. The lowest BCUT2D eigenvalue weighted by Crippen LogP contribution is -2.26. The molecule has 0 bridgehead atoms. The largest absolute Gasteiger partial charge is 0.320 e. The number of halogens is 4. The molecule has 8 heteroatoms. The fourth-order valence-electron chi connectivity index (χ4n) is 1.82. The third kappa shape index (κ3) is 4.21. The quantitative estimate of drug-likeness (QED) is 0.779. The van der Waals surface area contributed by atoms with Crippen LogP contribution in [0.3, 0.4) is 0 Å². The Morgan fingerprint density at radius 1 is 1.04 bits per heavy atom. The van der Waals surface area contributed by atoms with E-state index >= 15 is 0 Å². The summed E-state index contributed by atoms with van der Waals surface area (Å²) in [6.07, 6.45) is 0.